The maximum Gasteiger partial charge on any atom is 0.261 e. The molecule has 5 heteroatoms. The molecule has 0 spiro atoms. The molecule has 0 unspecified atom stereocenters. The SMILES string of the molecule is O=C1c2ccccc2C(=O)N1CC[C@H]1NCCc2c1[nH]c1ccccc21. The van der Waals surface area contributed by atoms with Crippen LogP contribution < -0.4 is 5.32 Å². The number of imide groups is 1. The summed E-state index contributed by atoms with van der Waals surface area (Å²) in [5.41, 5.74) is 4.72. The number of hydrogen-bond donors (Lipinski definition) is 2. The minimum atomic E-state index is -0.182. The third kappa shape index (κ3) is 2.21. The molecule has 3 aromatic rings. The van der Waals surface area contributed by atoms with E-state index in [1.807, 2.05) is 6.07 Å². The van der Waals surface area contributed by atoms with Crippen molar-refractivity contribution in [3.8, 4) is 0 Å². The molecule has 26 heavy (non-hydrogen) atoms. The lowest BCUT2D eigenvalue weighted by Crippen LogP contribution is -2.36. The van der Waals surface area contributed by atoms with Crippen molar-refractivity contribution in [1.82, 2.24) is 15.2 Å². The van der Waals surface area contributed by atoms with Gasteiger partial charge in [-0.05, 0) is 43.1 Å². The summed E-state index contributed by atoms with van der Waals surface area (Å²) in [6.07, 6.45) is 1.69. The van der Waals surface area contributed by atoms with Crippen LogP contribution in [-0.4, -0.2) is 34.8 Å². The molecule has 130 valence electrons. The lowest BCUT2D eigenvalue weighted by Gasteiger charge is -2.26. The molecule has 3 heterocycles. The Morgan fingerprint density at radius 3 is 2.42 bits per heavy atom. The van der Waals surface area contributed by atoms with E-state index in [9.17, 15) is 9.59 Å². The zero-order chi connectivity index (χ0) is 17.7. The highest BCUT2D eigenvalue weighted by Gasteiger charge is 2.35. The van der Waals surface area contributed by atoms with Crippen molar-refractivity contribution >= 4 is 22.7 Å². The first-order chi connectivity index (χ1) is 12.7. The number of carbonyl (C=O) groups excluding carboxylic acids is 2. The minimum Gasteiger partial charge on any atom is -0.357 e. The third-order valence-electron chi connectivity index (χ3n) is 5.48. The van der Waals surface area contributed by atoms with Gasteiger partial charge in [-0.3, -0.25) is 14.5 Å². The first-order valence-electron chi connectivity index (χ1n) is 9.02. The number of benzene rings is 2. The van der Waals surface area contributed by atoms with E-state index in [2.05, 4.69) is 28.5 Å². The maximum atomic E-state index is 12.5. The minimum absolute atomic E-state index is 0.121. The Hall–Kier alpha value is -2.92. The molecular formula is C21H19N3O2. The molecule has 2 aromatic carbocycles. The molecule has 0 saturated heterocycles. The number of fused-ring (bicyclic) bond motifs is 4. The Morgan fingerprint density at radius 2 is 1.65 bits per heavy atom. The first kappa shape index (κ1) is 15.3. The second-order valence-electron chi connectivity index (χ2n) is 6.92. The van der Waals surface area contributed by atoms with Crippen LogP contribution in [0.3, 0.4) is 0 Å². The third-order valence-corrected chi connectivity index (χ3v) is 5.48. The number of amides is 2. The number of nitrogens with zero attached hydrogens (tertiary/aromatic N) is 1. The number of hydrogen-bond acceptors (Lipinski definition) is 3. The van der Waals surface area contributed by atoms with Crippen LogP contribution in [0.5, 0.6) is 0 Å². The second-order valence-corrected chi connectivity index (χ2v) is 6.92. The van der Waals surface area contributed by atoms with Crippen molar-refractivity contribution in [1.29, 1.82) is 0 Å². The second kappa shape index (κ2) is 5.81. The molecule has 0 aliphatic carbocycles. The smallest absolute Gasteiger partial charge is 0.261 e. The van der Waals surface area contributed by atoms with Crippen LogP contribution in [0.4, 0.5) is 0 Å². The molecule has 0 fully saturated rings. The Balaban J connectivity index is 1.39. The summed E-state index contributed by atoms with van der Waals surface area (Å²) in [6, 6.07) is 15.5. The molecule has 0 radical (unpaired) electrons. The Kier molecular flexibility index (Phi) is 3.43. The van der Waals surface area contributed by atoms with Crippen LogP contribution >= 0.6 is 0 Å². The molecule has 2 aliphatic rings. The number of nitrogens with one attached hydrogen (secondary N) is 2. The van der Waals surface area contributed by atoms with E-state index in [4.69, 9.17) is 0 Å². The van der Waals surface area contributed by atoms with Gasteiger partial charge in [-0.15, -0.1) is 0 Å². The number of para-hydroxylation sites is 1. The highest BCUT2D eigenvalue weighted by Crippen LogP contribution is 2.32. The van der Waals surface area contributed by atoms with Crippen LogP contribution in [0.1, 0.15) is 44.4 Å². The van der Waals surface area contributed by atoms with E-state index in [1.165, 1.54) is 21.5 Å². The Morgan fingerprint density at radius 1 is 0.962 bits per heavy atom. The highest BCUT2D eigenvalue weighted by atomic mass is 16.2. The fourth-order valence-corrected chi connectivity index (χ4v) is 4.21. The predicted molar refractivity (Wildman–Crippen MR) is 99.2 cm³/mol. The van der Waals surface area contributed by atoms with E-state index < -0.39 is 0 Å². The number of aromatic nitrogens is 1. The van der Waals surface area contributed by atoms with Gasteiger partial charge in [0.1, 0.15) is 0 Å². The van der Waals surface area contributed by atoms with E-state index in [0.29, 0.717) is 24.1 Å². The molecule has 5 nitrogen and oxygen atoms in total. The fourth-order valence-electron chi connectivity index (χ4n) is 4.21. The number of rotatable bonds is 3. The molecule has 2 N–H and O–H groups in total. The molecule has 0 bridgehead atoms. The number of H-pyrrole nitrogens is 1. The van der Waals surface area contributed by atoms with Gasteiger partial charge in [-0.1, -0.05) is 30.3 Å². The lowest BCUT2D eigenvalue weighted by molar-refractivity contribution is 0.0647. The van der Waals surface area contributed by atoms with Crippen molar-refractivity contribution < 1.29 is 9.59 Å². The average Bonchev–Trinajstić information content (AvgIpc) is 3.17. The van der Waals surface area contributed by atoms with Gasteiger partial charge in [0.2, 0.25) is 0 Å². The highest BCUT2D eigenvalue weighted by molar-refractivity contribution is 6.21. The maximum absolute atomic E-state index is 12.5. The van der Waals surface area contributed by atoms with E-state index in [0.717, 1.165) is 18.5 Å². The zero-order valence-corrected chi connectivity index (χ0v) is 14.3. The van der Waals surface area contributed by atoms with Crippen LogP contribution in [0, 0.1) is 0 Å². The van der Waals surface area contributed by atoms with Gasteiger partial charge in [0.15, 0.2) is 0 Å². The molecule has 2 aliphatic heterocycles. The standard InChI is InChI=1S/C21H19N3O2/c25-20-15-6-1-2-7-16(15)21(26)24(20)12-10-18-19-14(9-11-22-18)13-5-3-4-8-17(13)23-19/h1-8,18,22-23H,9-12H2/t18-/m1/s1. The summed E-state index contributed by atoms with van der Waals surface area (Å²) < 4.78 is 0. The van der Waals surface area contributed by atoms with Crippen molar-refractivity contribution in [2.24, 2.45) is 0 Å². The quantitative estimate of drug-likeness (QED) is 0.717. The normalized spacial score (nSPS) is 19.1. The van der Waals surface area contributed by atoms with Gasteiger partial charge in [0, 0.05) is 29.2 Å². The summed E-state index contributed by atoms with van der Waals surface area (Å²) in [7, 11) is 0. The summed E-state index contributed by atoms with van der Waals surface area (Å²) in [6.45, 7) is 1.32. The van der Waals surface area contributed by atoms with Gasteiger partial charge in [-0.2, -0.15) is 0 Å². The van der Waals surface area contributed by atoms with E-state index in [-0.39, 0.29) is 17.9 Å². The summed E-state index contributed by atoms with van der Waals surface area (Å²) in [4.78, 5) is 30.0. The fraction of sp³-hybridized carbons (Fsp3) is 0.238. The van der Waals surface area contributed by atoms with Crippen molar-refractivity contribution in [2.45, 2.75) is 18.9 Å². The van der Waals surface area contributed by atoms with E-state index in [1.54, 1.807) is 24.3 Å². The van der Waals surface area contributed by atoms with Crippen LogP contribution in [-0.2, 0) is 6.42 Å². The summed E-state index contributed by atoms with van der Waals surface area (Å²) in [5.74, 6) is -0.364. The largest absolute Gasteiger partial charge is 0.357 e. The monoisotopic (exact) mass is 345 g/mol. The Labute approximate surface area is 151 Å². The van der Waals surface area contributed by atoms with Gasteiger partial charge in [0.05, 0.1) is 11.1 Å². The van der Waals surface area contributed by atoms with Crippen molar-refractivity contribution in [2.75, 3.05) is 13.1 Å². The van der Waals surface area contributed by atoms with Crippen molar-refractivity contribution in [3.05, 3.63) is 70.9 Å². The molecule has 1 aromatic heterocycles. The average molecular weight is 345 g/mol. The van der Waals surface area contributed by atoms with Crippen LogP contribution in [0.25, 0.3) is 10.9 Å². The first-order valence-corrected chi connectivity index (χ1v) is 9.02. The van der Waals surface area contributed by atoms with Gasteiger partial charge in [-0.25, -0.2) is 0 Å². The van der Waals surface area contributed by atoms with Gasteiger partial charge in [0.25, 0.3) is 11.8 Å². The molecule has 1 atom stereocenters. The molecule has 0 saturated carbocycles. The zero-order valence-electron chi connectivity index (χ0n) is 14.3. The van der Waals surface area contributed by atoms with Crippen LogP contribution in [0.2, 0.25) is 0 Å². The summed E-state index contributed by atoms with van der Waals surface area (Å²) >= 11 is 0. The Bertz CT molecular complexity index is 1000. The molecular weight excluding hydrogens is 326 g/mol. The molecule has 5 rings (SSSR count). The lowest BCUT2D eigenvalue weighted by atomic mass is 9.97. The number of carbonyl (C=O) groups is 2. The summed E-state index contributed by atoms with van der Waals surface area (Å²) in [5, 5.41) is 4.80. The van der Waals surface area contributed by atoms with Crippen LogP contribution in [0.15, 0.2) is 48.5 Å². The van der Waals surface area contributed by atoms with Gasteiger partial charge < -0.3 is 10.3 Å². The number of aromatic amines is 1. The molecule has 2 amide bonds. The van der Waals surface area contributed by atoms with Crippen molar-refractivity contribution in [3.63, 3.8) is 0 Å². The topological polar surface area (TPSA) is 65.2 Å². The van der Waals surface area contributed by atoms with E-state index >= 15 is 0 Å². The van der Waals surface area contributed by atoms with Gasteiger partial charge >= 0.3 is 0 Å². The predicted octanol–water partition coefficient (Wildman–Crippen LogP) is 3.04.